The van der Waals surface area contributed by atoms with Crippen molar-refractivity contribution in [3.63, 3.8) is 0 Å². The summed E-state index contributed by atoms with van der Waals surface area (Å²) in [5, 5.41) is 101. The number of hydrogen-bond acceptors (Lipinski definition) is 37. The molecule has 0 saturated carbocycles. The van der Waals surface area contributed by atoms with Crippen LogP contribution in [0.15, 0.2) is 183 Å². The van der Waals surface area contributed by atoms with Gasteiger partial charge in [0.15, 0.2) is 22.9 Å². The molecule has 4 aromatic rings. The molecule has 0 bridgehead atoms. The van der Waals surface area contributed by atoms with Gasteiger partial charge < -0.3 is 150 Å². The van der Waals surface area contributed by atoms with Crippen LogP contribution in [0.25, 0.3) is 0 Å². The highest BCUT2D eigenvalue weighted by atomic mass is 35.5. The Balaban J connectivity index is 0.000000437. The fourth-order valence-corrected chi connectivity index (χ4v) is 16.3. The summed E-state index contributed by atoms with van der Waals surface area (Å²) < 4.78 is 108. The maximum atomic E-state index is 11.2. The van der Waals surface area contributed by atoms with Crippen LogP contribution >= 0.6 is 23.2 Å². The van der Waals surface area contributed by atoms with Crippen molar-refractivity contribution in [2.45, 2.75) is 341 Å². The van der Waals surface area contributed by atoms with Gasteiger partial charge in [-0.15, -0.1) is 23.2 Å². The van der Waals surface area contributed by atoms with E-state index in [0.29, 0.717) is 52.5 Å². The average molecular weight is 2190 g/mol. The molecule has 8 aliphatic heterocycles. The number of hydrogen-bond donors (Lipinski definition) is 11. The first kappa shape index (κ1) is 135. The smallest absolute Gasteiger partial charge is 0.304 e. The van der Waals surface area contributed by atoms with Crippen LogP contribution in [0.2, 0.25) is 36.3 Å². The third kappa shape index (κ3) is 52.4. The molecule has 844 valence electrons. The number of aliphatic hydroxyl groups excluding tert-OH is 11. The first-order valence-electron chi connectivity index (χ1n) is 50.0. The molecule has 41 heteroatoms. The van der Waals surface area contributed by atoms with Gasteiger partial charge in [0, 0.05) is 97.0 Å². The van der Waals surface area contributed by atoms with E-state index < -0.39 is 108 Å². The van der Waals surface area contributed by atoms with E-state index >= 15 is 0 Å². The van der Waals surface area contributed by atoms with Crippen molar-refractivity contribution in [3.8, 4) is 0 Å². The molecule has 0 aliphatic carbocycles. The van der Waals surface area contributed by atoms with Crippen LogP contribution in [0, 0.1) is 29.6 Å². The second-order valence-corrected chi connectivity index (χ2v) is 49.8. The van der Waals surface area contributed by atoms with Crippen LogP contribution in [-0.4, -0.2) is 308 Å². The van der Waals surface area contributed by atoms with Crippen molar-refractivity contribution in [1.82, 2.24) is 0 Å². The van der Waals surface area contributed by atoms with Gasteiger partial charge in [-0.2, -0.15) is 0 Å². The molecule has 27 atom stereocenters. The molecular weight excluding hydrogens is 2020 g/mol. The highest BCUT2D eigenvalue weighted by Gasteiger charge is 2.45. The summed E-state index contributed by atoms with van der Waals surface area (Å²) >= 11 is 9.53. The molecule has 37 nitrogen and oxygen atoms in total. The van der Waals surface area contributed by atoms with Gasteiger partial charge >= 0.3 is 35.8 Å². The molecule has 149 heavy (non-hydrogen) atoms. The molecule has 3 saturated heterocycles. The second-order valence-electron chi connectivity index (χ2n) is 39.4. The zero-order valence-electron chi connectivity index (χ0n) is 90.2. The fraction of sp³-hybridized carbons (Fsp3) is 0.630. The van der Waals surface area contributed by atoms with Gasteiger partial charge in [0.25, 0.3) is 0 Å². The summed E-state index contributed by atoms with van der Waals surface area (Å²) in [6, 6.07) is 40.1. The van der Waals surface area contributed by atoms with E-state index in [0.717, 1.165) is 16.7 Å². The van der Waals surface area contributed by atoms with Gasteiger partial charge in [-0.3, -0.25) is 28.8 Å². The van der Waals surface area contributed by atoms with E-state index in [4.69, 9.17) is 138 Å². The van der Waals surface area contributed by atoms with Gasteiger partial charge in [0.05, 0.1) is 133 Å². The predicted molar refractivity (Wildman–Crippen MR) is 560 cm³/mol. The molecule has 0 spiro atoms. The average Bonchev–Trinajstić information content (AvgIpc) is 0.826. The number of halogens is 2. The van der Waals surface area contributed by atoms with Crippen LogP contribution in [-0.2, 0) is 149 Å². The topological polar surface area (TPSA) is 510 Å². The Hall–Kier alpha value is -8.39. The van der Waals surface area contributed by atoms with E-state index in [1.165, 1.54) is 78.0 Å². The van der Waals surface area contributed by atoms with E-state index in [9.17, 15) is 59.4 Å². The molecule has 8 heterocycles. The van der Waals surface area contributed by atoms with Gasteiger partial charge in [0.2, 0.25) is 12.6 Å². The minimum atomic E-state index is -1.84. The Kier molecular flexibility index (Phi) is 64.7. The van der Waals surface area contributed by atoms with Crippen molar-refractivity contribution >= 4 is 75.7 Å². The molecular formula is C108H168Cl2O37Si2. The highest BCUT2D eigenvalue weighted by molar-refractivity contribution is 6.74. The number of carbonyl (C=O) groups excluding carboxylic acids is 6. The highest BCUT2D eigenvalue weighted by Crippen LogP contribution is 2.40. The minimum absolute atomic E-state index is 0.000120. The van der Waals surface area contributed by atoms with Crippen LogP contribution in [0.3, 0.4) is 0 Å². The summed E-state index contributed by atoms with van der Waals surface area (Å²) in [5.74, 6) is -2.10. The Morgan fingerprint density at radius 1 is 0.349 bits per heavy atom. The third-order valence-corrected chi connectivity index (χ3v) is 34.6. The summed E-state index contributed by atoms with van der Waals surface area (Å²) in [6.45, 7) is 44.7. The Morgan fingerprint density at radius 3 is 1.03 bits per heavy atom. The van der Waals surface area contributed by atoms with Gasteiger partial charge in [-0.1, -0.05) is 197 Å². The summed E-state index contributed by atoms with van der Waals surface area (Å²) in [6.07, 6.45) is 4.60. The molecule has 4 aromatic carbocycles. The predicted octanol–water partition coefficient (Wildman–Crippen LogP) is 12.7. The number of aliphatic hydroxyl groups is 11. The molecule has 12 rings (SSSR count). The van der Waals surface area contributed by atoms with Crippen LogP contribution < -0.4 is 0 Å². The summed E-state index contributed by atoms with van der Waals surface area (Å²) in [4.78, 5) is 65.2. The third-order valence-electron chi connectivity index (χ3n) is 25.6. The normalized spacial score (nSPS) is 28.4. The number of rotatable bonds is 30. The lowest BCUT2D eigenvalue weighted by atomic mass is 9.92. The maximum Gasteiger partial charge on any atom is 0.304 e. The number of esters is 6. The SMILES string of the molecule is CC(=O)OCC1OC(OC(C)=O)CC(O)C1O.CC(=O)OCC1OC(OC(C)=O)CC(OCc2ccccc2)C1C.CC(=O)OCC1OC=CC(OC(C)=O)C1C.CC(C)(C)[Si](C)(C)OCC1OC=CC(O)C1O.CC1C(OCc2ccccc2)C=COC1CO.CC1C(OCc2ccccc2)C=COC1CO[Si](C)(C)C(C)(C)C.CC1C(OCc2ccccc2)CC(O)OC1CO.CCO.ClCCl.OCC1OC=CC(O)C1O. The van der Waals surface area contributed by atoms with E-state index in [2.05, 4.69) is 91.5 Å². The van der Waals surface area contributed by atoms with E-state index in [1.54, 1.807) is 25.5 Å². The van der Waals surface area contributed by atoms with Crippen molar-refractivity contribution < 1.29 is 179 Å². The number of carbonyl (C=O) groups is 6. The van der Waals surface area contributed by atoms with Crippen LogP contribution in [0.1, 0.15) is 166 Å². The standard InChI is InChI=1S/C20H32O3Si.C18H24O6.C14H20O4.C14H18O3.C12H24O4Si.C11H16O5.C10H16O7.C6H10O4.C2H6O.CH2Cl2/c1-16-18(22-14-17-10-8-7-9-11-17)12-13-21-19(16)15-23-24(5,6)20(2,3)4;1-12-16(22-10-15-7-5-4-6-8-15)9-18(23-14(3)20)24-17(12)11-21-13(2)19;1-10-12(7-14(16)18-13(10)8-15)17-9-11-5-3-2-4-6-11;1-11-13(7-8-16-14(11)9-15)17-10-12-5-3-2-4-6-12;1-12(2,3)17(4,5)16-8-10-11(14)9(13)6-7-15-10;1-7-10(16-9(3)13)4-5-14-11(7)6-15-8(2)12;1-5(11)15-4-8-10(14)7(13)3-9(17-8)16-6(2)12;7-3-5-6(9)4(8)1-2-10-5;1-2-3;2-1-3/h7-13,16,18-19H,14-15H2,1-6H3;4-8,12,16-18H,9-11H2,1-3H3;2-6,10,12-16H,7-9H2,1H3;2-8,11,13-15H,9-10H2,1H3;6-7,9-11,13-14H,8H2,1-5H3;4-5,7,10-11H,6H2,1-3H3;7-10,13-14H,3-4H2,1-2H3;1-2,4-9H,3H2;3H,2H2,1H3;1H2. The largest absolute Gasteiger partial charge is 0.496 e. The van der Waals surface area contributed by atoms with E-state index in [1.807, 2.05) is 149 Å². The molecule has 8 aliphatic rings. The van der Waals surface area contributed by atoms with Crippen molar-refractivity contribution in [1.29, 1.82) is 0 Å². The zero-order chi connectivity index (χ0) is 112. The molecule has 11 N–H and O–H groups in total. The quantitative estimate of drug-likeness (QED) is 0.00999. The first-order chi connectivity index (χ1) is 70.3. The van der Waals surface area contributed by atoms with E-state index in [-0.39, 0.29) is 177 Å². The number of alkyl halides is 2. The molecule has 3 fully saturated rings. The molecule has 0 aromatic heterocycles. The second kappa shape index (κ2) is 71.6. The van der Waals surface area contributed by atoms with Gasteiger partial charge in [0.1, 0.15) is 99.2 Å². The van der Waals surface area contributed by atoms with Crippen LogP contribution in [0.5, 0.6) is 0 Å². The monoisotopic (exact) mass is 2180 g/mol. The lowest BCUT2D eigenvalue weighted by Crippen LogP contribution is -2.51. The lowest BCUT2D eigenvalue weighted by Gasteiger charge is -2.39. The molecule has 0 amide bonds. The number of ether oxygens (including phenoxy) is 18. The van der Waals surface area contributed by atoms with Crippen molar-refractivity contribution in [2.24, 2.45) is 29.6 Å². The summed E-state index contributed by atoms with van der Waals surface area (Å²) in [7, 11) is -3.59. The fourth-order valence-electron chi connectivity index (χ4n) is 14.3. The molecule has 27 unspecified atom stereocenters. The summed E-state index contributed by atoms with van der Waals surface area (Å²) in [5.41, 5.74) is 4.52. The Morgan fingerprint density at radius 2 is 0.651 bits per heavy atom. The Bertz CT molecular complexity index is 4480. The van der Waals surface area contributed by atoms with Crippen LogP contribution in [0.4, 0.5) is 0 Å². The minimum Gasteiger partial charge on any atom is -0.496 e. The van der Waals surface area contributed by atoms with Gasteiger partial charge in [-0.05, 0) is 95.8 Å². The Labute approximate surface area is 890 Å². The number of benzene rings is 4. The molecule has 0 radical (unpaired) electrons. The lowest BCUT2D eigenvalue weighted by molar-refractivity contribution is -0.252. The van der Waals surface area contributed by atoms with Crippen molar-refractivity contribution in [2.75, 3.05) is 64.8 Å². The first-order valence-corrected chi connectivity index (χ1v) is 56.9. The maximum absolute atomic E-state index is 11.2. The van der Waals surface area contributed by atoms with Crippen molar-refractivity contribution in [3.05, 3.63) is 205 Å². The van der Waals surface area contributed by atoms with Gasteiger partial charge in [-0.25, -0.2) is 0 Å². The zero-order valence-corrected chi connectivity index (χ0v) is 93.7.